The van der Waals surface area contributed by atoms with Gasteiger partial charge >= 0.3 is 0 Å². The molecule has 1 aromatic rings. The van der Waals surface area contributed by atoms with Gasteiger partial charge in [0.05, 0.1) is 24.2 Å². The average molecular weight is 329 g/mol. The number of hydrogen-bond acceptors (Lipinski definition) is 4. The Hall–Kier alpha value is -1.47. The first-order valence-corrected chi connectivity index (χ1v) is 6.94. The standard InChI is InChI=1S/C12H13BrN2O4/c13-7-11-8-19-6-5-14(11)12(16)9-1-3-10(4-2-9)15(17)18/h1-4,11H,5-8H2. The van der Waals surface area contributed by atoms with Gasteiger partial charge in [0, 0.05) is 29.6 Å². The van der Waals surface area contributed by atoms with Crippen LogP contribution in [0.15, 0.2) is 24.3 Å². The van der Waals surface area contributed by atoms with Crippen molar-refractivity contribution >= 4 is 27.5 Å². The van der Waals surface area contributed by atoms with E-state index in [2.05, 4.69) is 15.9 Å². The maximum Gasteiger partial charge on any atom is 0.269 e. The fourth-order valence-electron chi connectivity index (χ4n) is 1.94. The highest BCUT2D eigenvalue weighted by molar-refractivity contribution is 9.09. The van der Waals surface area contributed by atoms with Crippen LogP contribution in [0.2, 0.25) is 0 Å². The van der Waals surface area contributed by atoms with E-state index in [-0.39, 0.29) is 17.6 Å². The zero-order chi connectivity index (χ0) is 13.8. The molecule has 0 saturated carbocycles. The second-order valence-corrected chi connectivity index (χ2v) is 4.83. The lowest BCUT2D eigenvalue weighted by Crippen LogP contribution is -2.49. The first-order chi connectivity index (χ1) is 9.13. The maximum absolute atomic E-state index is 12.3. The number of benzene rings is 1. The molecule has 1 saturated heterocycles. The van der Waals surface area contributed by atoms with Crippen LogP contribution in [-0.2, 0) is 4.74 Å². The minimum atomic E-state index is -0.482. The van der Waals surface area contributed by atoms with Gasteiger partial charge in [0.2, 0.25) is 0 Å². The van der Waals surface area contributed by atoms with Crippen molar-refractivity contribution in [3.63, 3.8) is 0 Å². The molecule has 1 aliphatic heterocycles. The summed E-state index contributed by atoms with van der Waals surface area (Å²) in [6.45, 7) is 1.55. The van der Waals surface area contributed by atoms with Crippen molar-refractivity contribution in [2.45, 2.75) is 6.04 Å². The number of rotatable bonds is 3. The van der Waals surface area contributed by atoms with Crippen molar-refractivity contribution in [1.82, 2.24) is 4.90 Å². The van der Waals surface area contributed by atoms with Gasteiger partial charge in [-0.3, -0.25) is 14.9 Å². The monoisotopic (exact) mass is 328 g/mol. The van der Waals surface area contributed by atoms with Gasteiger partial charge in [-0.25, -0.2) is 0 Å². The highest BCUT2D eigenvalue weighted by Crippen LogP contribution is 2.17. The molecule has 0 radical (unpaired) electrons. The summed E-state index contributed by atoms with van der Waals surface area (Å²) in [5, 5.41) is 11.2. The average Bonchev–Trinajstić information content (AvgIpc) is 2.46. The van der Waals surface area contributed by atoms with Crippen LogP contribution in [0.4, 0.5) is 5.69 Å². The highest BCUT2D eigenvalue weighted by Gasteiger charge is 2.27. The number of nitro groups is 1. The summed E-state index contributed by atoms with van der Waals surface area (Å²) in [6, 6.07) is 5.66. The number of carbonyl (C=O) groups excluding carboxylic acids is 1. The molecule has 1 amide bonds. The SMILES string of the molecule is O=C(c1ccc([N+](=O)[O-])cc1)N1CCOCC1CBr. The number of morpholine rings is 1. The molecule has 0 spiro atoms. The lowest BCUT2D eigenvalue weighted by Gasteiger charge is -2.34. The number of alkyl halides is 1. The maximum atomic E-state index is 12.3. The summed E-state index contributed by atoms with van der Waals surface area (Å²) in [5.74, 6) is -0.123. The smallest absolute Gasteiger partial charge is 0.269 e. The van der Waals surface area contributed by atoms with Gasteiger partial charge < -0.3 is 9.64 Å². The quantitative estimate of drug-likeness (QED) is 0.482. The molecule has 1 aromatic carbocycles. The van der Waals surface area contributed by atoms with Crippen LogP contribution in [0, 0.1) is 10.1 Å². The summed E-state index contributed by atoms with van der Waals surface area (Å²) < 4.78 is 5.33. The van der Waals surface area contributed by atoms with Crippen LogP contribution < -0.4 is 0 Å². The predicted octanol–water partition coefficient (Wildman–Crippen LogP) is 1.83. The van der Waals surface area contributed by atoms with Crippen molar-refractivity contribution in [2.24, 2.45) is 0 Å². The number of non-ortho nitro benzene ring substituents is 1. The predicted molar refractivity (Wildman–Crippen MR) is 72.5 cm³/mol. The summed E-state index contributed by atoms with van der Waals surface area (Å²) in [6.07, 6.45) is 0. The largest absolute Gasteiger partial charge is 0.377 e. The third-order valence-electron chi connectivity index (χ3n) is 2.99. The van der Waals surface area contributed by atoms with Crippen LogP contribution in [0.25, 0.3) is 0 Å². The first-order valence-electron chi connectivity index (χ1n) is 5.82. The summed E-state index contributed by atoms with van der Waals surface area (Å²) >= 11 is 3.36. The Morgan fingerprint density at radius 1 is 1.47 bits per heavy atom. The minimum absolute atomic E-state index is 0.00329. The van der Waals surface area contributed by atoms with Gasteiger partial charge in [0.25, 0.3) is 11.6 Å². The Morgan fingerprint density at radius 2 is 2.16 bits per heavy atom. The van der Waals surface area contributed by atoms with Crippen LogP contribution in [-0.4, -0.2) is 46.9 Å². The van der Waals surface area contributed by atoms with Gasteiger partial charge in [-0.15, -0.1) is 0 Å². The zero-order valence-electron chi connectivity index (χ0n) is 10.1. The van der Waals surface area contributed by atoms with E-state index in [0.29, 0.717) is 30.7 Å². The molecular weight excluding hydrogens is 316 g/mol. The Kier molecular flexibility index (Phi) is 4.49. The molecule has 7 heteroatoms. The number of amides is 1. The minimum Gasteiger partial charge on any atom is -0.377 e. The second-order valence-electron chi connectivity index (χ2n) is 4.19. The van der Waals surface area contributed by atoms with Crippen molar-refractivity contribution < 1.29 is 14.5 Å². The van der Waals surface area contributed by atoms with Crippen LogP contribution in [0.5, 0.6) is 0 Å². The molecule has 102 valence electrons. The van der Waals surface area contributed by atoms with E-state index in [9.17, 15) is 14.9 Å². The number of nitrogens with zero attached hydrogens (tertiary/aromatic N) is 2. The van der Waals surface area contributed by atoms with E-state index in [1.54, 1.807) is 4.90 Å². The zero-order valence-corrected chi connectivity index (χ0v) is 11.7. The normalized spacial score (nSPS) is 19.2. The molecule has 0 bridgehead atoms. The first kappa shape index (κ1) is 14.0. The van der Waals surface area contributed by atoms with E-state index in [1.807, 2.05) is 0 Å². The van der Waals surface area contributed by atoms with E-state index >= 15 is 0 Å². The molecular formula is C12H13BrN2O4. The lowest BCUT2D eigenvalue weighted by atomic mass is 10.1. The van der Waals surface area contributed by atoms with Crippen LogP contribution in [0.1, 0.15) is 10.4 Å². The molecule has 1 aliphatic rings. The fraction of sp³-hybridized carbons (Fsp3) is 0.417. The third kappa shape index (κ3) is 3.10. The molecule has 1 atom stereocenters. The third-order valence-corrected chi connectivity index (χ3v) is 3.74. The summed E-state index contributed by atoms with van der Waals surface area (Å²) in [5.41, 5.74) is 0.439. The number of nitro benzene ring substituents is 1. The van der Waals surface area contributed by atoms with Crippen molar-refractivity contribution in [1.29, 1.82) is 0 Å². The molecule has 1 fully saturated rings. The molecule has 0 N–H and O–H groups in total. The molecule has 6 nitrogen and oxygen atoms in total. The van der Waals surface area contributed by atoms with E-state index in [4.69, 9.17) is 4.74 Å². The van der Waals surface area contributed by atoms with Crippen LogP contribution in [0.3, 0.4) is 0 Å². The number of carbonyl (C=O) groups is 1. The Bertz CT molecular complexity index is 477. The number of halogens is 1. The van der Waals surface area contributed by atoms with E-state index in [1.165, 1.54) is 24.3 Å². The fourth-order valence-corrected chi connectivity index (χ4v) is 2.48. The van der Waals surface area contributed by atoms with Gasteiger partial charge in [-0.05, 0) is 12.1 Å². The van der Waals surface area contributed by atoms with E-state index in [0.717, 1.165) is 0 Å². The number of ether oxygens (including phenoxy) is 1. The molecule has 19 heavy (non-hydrogen) atoms. The van der Waals surface area contributed by atoms with Gasteiger partial charge in [0.1, 0.15) is 0 Å². The molecule has 0 aliphatic carbocycles. The topological polar surface area (TPSA) is 72.7 Å². The highest BCUT2D eigenvalue weighted by atomic mass is 79.9. The van der Waals surface area contributed by atoms with Gasteiger partial charge in [-0.2, -0.15) is 0 Å². The lowest BCUT2D eigenvalue weighted by molar-refractivity contribution is -0.384. The number of hydrogen-bond donors (Lipinski definition) is 0. The van der Waals surface area contributed by atoms with Crippen molar-refractivity contribution in [2.75, 3.05) is 25.1 Å². The molecule has 2 rings (SSSR count). The Morgan fingerprint density at radius 3 is 2.74 bits per heavy atom. The second kappa shape index (κ2) is 6.12. The molecule has 1 unspecified atom stereocenters. The summed E-state index contributed by atoms with van der Waals surface area (Å²) in [7, 11) is 0. The van der Waals surface area contributed by atoms with Crippen molar-refractivity contribution in [3.05, 3.63) is 39.9 Å². The Labute approximate surface area is 118 Å². The molecule has 0 aromatic heterocycles. The van der Waals surface area contributed by atoms with Gasteiger partial charge in [0.15, 0.2) is 0 Å². The van der Waals surface area contributed by atoms with E-state index < -0.39 is 4.92 Å². The van der Waals surface area contributed by atoms with Gasteiger partial charge in [-0.1, -0.05) is 15.9 Å². The summed E-state index contributed by atoms with van der Waals surface area (Å²) in [4.78, 5) is 24.2. The van der Waals surface area contributed by atoms with Crippen molar-refractivity contribution in [3.8, 4) is 0 Å². The molecule has 1 heterocycles. The Balaban J connectivity index is 2.16. The van der Waals surface area contributed by atoms with Crippen LogP contribution >= 0.6 is 15.9 Å².